The van der Waals surface area contributed by atoms with Crippen LogP contribution in [0.5, 0.6) is 5.75 Å². The lowest BCUT2D eigenvalue weighted by Gasteiger charge is -2.12. The first-order valence-electron chi connectivity index (χ1n) is 5.55. The standard InChI is InChI=1S/C12H20N2O2S/c1-8-5-14-11(10(3)12(8)16-4)7-17(15)6-9(2)13/h5,9H,6-7,13H2,1-4H3. The van der Waals surface area contributed by atoms with Crippen molar-refractivity contribution < 1.29 is 8.95 Å². The SMILES string of the molecule is COc1c(C)cnc(CS(=O)CC(C)N)c1C. The number of ether oxygens (including phenoxy) is 1. The highest BCUT2D eigenvalue weighted by Gasteiger charge is 2.12. The van der Waals surface area contributed by atoms with E-state index in [4.69, 9.17) is 10.5 Å². The molecule has 1 aromatic heterocycles. The lowest BCUT2D eigenvalue weighted by molar-refractivity contribution is 0.407. The van der Waals surface area contributed by atoms with Crippen LogP contribution in [0, 0.1) is 13.8 Å². The number of aromatic nitrogens is 1. The Kier molecular flexibility index (Phi) is 5.08. The molecule has 1 heterocycles. The van der Waals surface area contributed by atoms with E-state index in [0.717, 1.165) is 22.6 Å². The summed E-state index contributed by atoms with van der Waals surface area (Å²) >= 11 is 0. The normalized spacial score (nSPS) is 14.4. The van der Waals surface area contributed by atoms with Crippen molar-refractivity contribution in [3.05, 3.63) is 23.0 Å². The molecular weight excluding hydrogens is 236 g/mol. The van der Waals surface area contributed by atoms with Crippen LogP contribution in [0.25, 0.3) is 0 Å². The van der Waals surface area contributed by atoms with Gasteiger partial charge in [0.25, 0.3) is 0 Å². The van der Waals surface area contributed by atoms with Crippen LogP contribution >= 0.6 is 0 Å². The number of hydrogen-bond donors (Lipinski definition) is 1. The number of methoxy groups -OCH3 is 1. The summed E-state index contributed by atoms with van der Waals surface area (Å²) in [5.74, 6) is 1.76. The Labute approximate surface area is 105 Å². The number of rotatable bonds is 5. The van der Waals surface area contributed by atoms with Gasteiger partial charge in [-0.15, -0.1) is 0 Å². The van der Waals surface area contributed by atoms with Crippen LogP contribution in [0.15, 0.2) is 6.20 Å². The zero-order valence-corrected chi connectivity index (χ0v) is 11.6. The predicted molar refractivity (Wildman–Crippen MR) is 70.6 cm³/mol. The van der Waals surface area contributed by atoms with Crippen LogP contribution < -0.4 is 10.5 Å². The predicted octanol–water partition coefficient (Wildman–Crippen LogP) is 1.30. The fourth-order valence-electron chi connectivity index (χ4n) is 1.72. The Morgan fingerprint density at radius 2 is 2.18 bits per heavy atom. The van der Waals surface area contributed by atoms with Crippen molar-refractivity contribution in [3.8, 4) is 5.75 Å². The highest BCUT2D eigenvalue weighted by molar-refractivity contribution is 7.84. The Bertz CT molecular complexity index is 419. The van der Waals surface area contributed by atoms with Crippen molar-refractivity contribution in [1.82, 2.24) is 4.98 Å². The summed E-state index contributed by atoms with van der Waals surface area (Å²) in [5.41, 5.74) is 8.41. The molecule has 96 valence electrons. The minimum Gasteiger partial charge on any atom is -0.496 e. The summed E-state index contributed by atoms with van der Waals surface area (Å²) in [6.07, 6.45) is 1.75. The molecule has 2 N–H and O–H groups in total. The second kappa shape index (κ2) is 6.12. The summed E-state index contributed by atoms with van der Waals surface area (Å²) in [7, 11) is 0.666. The maximum absolute atomic E-state index is 11.8. The molecule has 4 nitrogen and oxygen atoms in total. The second-order valence-electron chi connectivity index (χ2n) is 4.27. The zero-order chi connectivity index (χ0) is 13.0. The summed E-state index contributed by atoms with van der Waals surface area (Å²) in [5, 5.41) is 0. The van der Waals surface area contributed by atoms with Gasteiger partial charge in [-0.05, 0) is 20.8 Å². The molecule has 17 heavy (non-hydrogen) atoms. The van der Waals surface area contributed by atoms with Gasteiger partial charge < -0.3 is 10.5 Å². The highest BCUT2D eigenvalue weighted by Crippen LogP contribution is 2.24. The Hall–Kier alpha value is -0.940. The molecule has 2 unspecified atom stereocenters. The highest BCUT2D eigenvalue weighted by atomic mass is 32.2. The molecule has 0 aliphatic carbocycles. The van der Waals surface area contributed by atoms with E-state index < -0.39 is 10.8 Å². The molecule has 0 aliphatic heterocycles. The monoisotopic (exact) mass is 256 g/mol. The Morgan fingerprint density at radius 3 is 2.71 bits per heavy atom. The smallest absolute Gasteiger partial charge is 0.128 e. The van der Waals surface area contributed by atoms with Crippen molar-refractivity contribution in [1.29, 1.82) is 0 Å². The van der Waals surface area contributed by atoms with E-state index in [1.807, 2.05) is 20.8 Å². The molecule has 1 rings (SSSR count). The molecule has 2 atom stereocenters. The molecule has 0 radical (unpaired) electrons. The molecule has 5 heteroatoms. The summed E-state index contributed by atoms with van der Waals surface area (Å²) in [4.78, 5) is 4.32. The van der Waals surface area contributed by atoms with Crippen molar-refractivity contribution in [2.75, 3.05) is 12.9 Å². The molecule has 0 saturated heterocycles. The van der Waals surface area contributed by atoms with Crippen molar-refractivity contribution in [3.63, 3.8) is 0 Å². The minimum atomic E-state index is -0.971. The molecule has 0 amide bonds. The van der Waals surface area contributed by atoms with Crippen LogP contribution in [-0.4, -0.2) is 28.1 Å². The van der Waals surface area contributed by atoms with Gasteiger partial charge in [0, 0.05) is 39.9 Å². The van der Waals surface area contributed by atoms with Gasteiger partial charge in [0.15, 0.2) is 0 Å². The third-order valence-electron chi connectivity index (χ3n) is 2.50. The van der Waals surface area contributed by atoms with Crippen molar-refractivity contribution in [2.45, 2.75) is 32.6 Å². The average molecular weight is 256 g/mol. The van der Waals surface area contributed by atoms with Gasteiger partial charge >= 0.3 is 0 Å². The number of pyridine rings is 1. The third-order valence-corrected chi connectivity index (χ3v) is 3.99. The maximum Gasteiger partial charge on any atom is 0.128 e. The van der Waals surface area contributed by atoms with E-state index in [-0.39, 0.29) is 6.04 Å². The fraction of sp³-hybridized carbons (Fsp3) is 0.583. The quantitative estimate of drug-likeness (QED) is 0.862. The van der Waals surface area contributed by atoms with Gasteiger partial charge in [0.05, 0.1) is 18.6 Å². The number of hydrogen-bond acceptors (Lipinski definition) is 4. The first-order chi connectivity index (χ1) is 7.95. The van der Waals surface area contributed by atoms with Crippen LogP contribution in [0.2, 0.25) is 0 Å². The van der Waals surface area contributed by atoms with E-state index in [1.165, 1.54) is 0 Å². The molecule has 0 aliphatic rings. The number of nitrogens with two attached hydrogens (primary N) is 1. The van der Waals surface area contributed by atoms with Crippen molar-refractivity contribution >= 4 is 10.8 Å². The summed E-state index contributed by atoms with van der Waals surface area (Å²) < 4.78 is 17.1. The lowest BCUT2D eigenvalue weighted by Crippen LogP contribution is -2.23. The molecular formula is C12H20N2O2S. The van der Waals surface area contributed by atoms with Crippen LogP contribution in [0.3, 0.4) is 0 Å². The van der Waals surface area contributed by atoms with Gasteiger partial charge in [-0.2, -0.15) is 0 Å². The average Bonchev–Trinajstić information content (AvgIpc) is 2.22. The van der Waals surface area contributed by atoms with Gasteiger partial charge in [-0.25, -0.2) is 0 Å². The molecule has 0 saturated carbocycles. The molecule has 0 fully saturated rings. The topological polar surface area (TPSA) is 65.2 Å². The molecule has 0 bridgehead atoms. The van der Waals surface area contributed by atoms with E-state index in [9.17, 15) is 4.21 Å². The third kappa shape index (κ3) is 3.78. The van der Waals surface area contributed by atoms with E-state index in [2.05, 4.69) is 4.98 Å². The number of aryl methyl sites for hydroxylation is 1. The first kappa shape index (κ1) is 14.1. The van der Waals surface area contributed by atoms with E-state index in [0.29, 0.717) is 11.5 Å². The van der Waals surface area contributed by atoms with Crippen molar-refractivity contribution in [2.24, 2.45) is 5.73 Å². The summed E-state index contributed by atoms with van der Waals surface area (Å²) in [6.45, 7) is 5.74. The maximum atomic E-state index is 11.8. The van der Waals surface area contributed by atoms with Crippen LogP contribution in [0.4, 0.5) is 0 Å². The second-order valence-corrected chi connectivity index (χ2v) is 5.78. The molecule has 0 aromatic carbocycles. The van der Waals surface area contributed by atoms with Gasteiger partial charge in [-0.3, -0.25) is 9.19 Å². The van der Waals surface area contributed by atoms with Gasteiger partial charge in [0.1, 0.15) is 5.75 Å². The summed E-state index contributed by atoms with van der Waals surface area (Å²) in [6, 6.07) is -0.0523. The fourth-order valence-corrected chi connectivity index (χ4v) is 3.02. The van der Waals surface area contributed by atoms with E-state index in [1.54, 1.807) is 13.3 Å². The van der Waals surface area contributed by atoms with Crippen LogP contribution in [0.1, 0.15) is 23.7 Å². The Balaban J connectivity index is 2.89. The molecule has 1 aromatic rings. The van der Waals surface area contributed by atoms with Gasteiger partial charge in [0.2, 0.25) is 0 Å². The zero-order valence-electron chi connectivity index (χ0n) is 10.8. The Morgan fingerprint density at radius 1 is 1.53 bits per heavy atom. The minimum absolute atomic E-state index is 0.0523. The number of nitrogens with zero attached hydrogens (tertiary/aromatic N) is 1. The molecule has 0 spiro atoms. The van der Waals surface area contributed by atoms with Crippen LogP contribution in [-0.2, 0) is 16.6 Å². The first-order valence-corrected chi connectivity index (χ1v) is 7.04. The largest absolute Gasteiger partial charge is 0.496 e. The lowest BCUT2D eigenvalue weighted by atomic mass is 10.1. The van der Waals surface area contributed by atoms with Gasteiger partial charge in [-0.1, -0.05) is 0 Å². The van der Waals surface area contributed by atoms with E-state index >= 15 is 0 Å².